The standard InChI is InChI=1S/C27H28N6O5S/c1-4-38-9-5-6-20(34)18-12-32(13-18)21-10-15(2)22-23(35)19(26(36)37)14-33(25(22)29-21)27-30-24(31-39-27)17-8-7-16(3)28-11-17/h7-8,10-11,14,18H,4-6,9,12-13H2,1-3H3,(H,36,37). The summed E-state index contributed by atoms with van der Waals surface area (Å²) in [4.78, 5) is 53.3. The number of rotatable bonds is 10. The van der Waals surface area contributed by atoms with Crippen molar-refractivity contribution >= 4 is 40.1 Å². The summed E-state index contributed by atoms with van der Waals surface area (Å²) in [6.07, 6.45) is 4.11. The second-order valence-corrected chi connectivity index (χ2v) is 10.2. The van der Waals surface area contributed by atoms with Crippen LogP contribution in [0.2, 0.25) is 0 Å². The van der Waals surface area contributed by atoms with Crippen LogP contribution in [0.5, 0.6) is 0 Å². The number of pyridine rings is 3. The third-order valence-electron chi connectivity index (χ3n) is 6.74. The Labute approximate surface area is 228 Å². The van der Waals surface area contributed by atoms with Crippen LogP contribution in [0.3, 0.4) is 0 Å². The fourth-order valence-electron chi connectivity index (χ4n) is 4.53. The van der Waals surface area contributed by atoms with Gasteiger partial charge in [-0.25, -0.2) is 9.78 Å². The van der Waals surface area contributed by atoms with Crippen LogP contribution in [-0.2, 0) is 9.53 Å². The molecule has 0 unspecified atom stereocenters. The maximum absolute atomic E-state index is 13.1. The molecule has 1 N–H and O–H groups in total. The van der Waals surface area contributed by atoms with E-state index < -0.39 is 11.4 Å². The number of fused-ring (bicyclic) bond motifs is 1. The number of ether oxygens (including phenoxy) is 1. The first-order chi connectivity index (χ1) is 18.8. The van der Waals surface area contributed by atoms with Crippen LogP contribution in [0.1, 0.15) is 41.4 Å². The normalized spacial score (nSPS) is 13.6. The average molecular weight is 549 g/mol. The van der Waals surface area contributed by atoms with Gasteiger partial charge in [0.25, 0.3) is 0 Å². The Kier molecular flexibility index (Phi) is 7.49. The lowest BCUT2D eigenvalue weighted by atomic mass is 9.92. The van der Waals surface area contributed by atoms with Crippen molar-refractivity contribution in [2.45, 2.75) is 33.6 Å². The number of carbonyl (C=O) groups excluding carboxylic acids is 1. The molecule has 1 saturated heterocycles. The highest BCUT2D eigenvalue weighted by Gasteiger charge is 2.33. The Morgan fingerprint density at radius 2 is 2.00 bits per heavy atom. The molecule has 5 heterocycles. The summed E-state index contributed by atoms with van der Waals surface area (Å²) in [5.74, 6) is -0.150. The molecule has 11 nitrogen and oxygen atoms in total. The minimum Gasteiger partial charge on any atom is -0.477 e. The number of anilines is 1. The minimum absolute atomic E-state index is 0.0742. The molecule has 0 aromatic carbocycles. The average Bonchev–Trinajstić information content (AvgIpc) is 3.36. The summed E-state index contributed by atoms with van der Waals surface area (Å²) in [6.45, 7) is 7.85. The van der Waals surface area contributed by atoms with Gasteiger partial charge in [-0.05, 0) is 51.0 Å². The largest absolute Gasteiger partial charge is 0.477 e. The number of aryl methyl sites for hydroxylation is 2. The number of Topliss-reactive ketones (excluding diaryl/α,β-unsaturated/α-hetero) is 1. The van der Waals surface area contributed by atoms with Crippen molar-refractivity contribution in [3.8, 4) is 16.5 Å². The first-order valence-electron chi connectivity index (χ1n) is 12.7. The maximum Gasteiger partial charge on any atom is 0.341 e. The van der Waals surface area contributed by atoms with Gasteiger partial charge in [0.2, 0.25) is 10.6 Å². The van der Waals surface area contributed by atoms with E-state index in [1.165, 1.54) is 10.8 Å². The fraction of sp³-hybridized carbons (Fsp3) is 0.370. The van der Waals surface area contributed by atoms with Crippen LogP contribution >= 0.6 is 11.5 Å². The molecular formula is C27H28N6O5S. The van der Waals surface area contributed by atoms with E-state index in [0.29, 0.717) is 67.0 Å². The lowest BCUT2D eigenvalue weighted by Crippen LogP contribution is -2.51. The maximum atomic E-state index is 13.1. The van der Waals surface area contributed by atoms with E-state index in [0.717, 1.165) is 17.2 Å². The molecular weight excluding hydrogens is 520 g/mol. The van der Waals surface area contributed by atoms with Crippen molar-refractivity contribution in [3.63, 3.8) is 0 Å². The van der Waals surface area contributed by atoms with Crippen molar-refractivity contribution in [2.24, 2.45) is 5.92 Å². The monoisotopic (exact) mass is 548 g/mol. The smallest absolute Gasteiger partial charge is 0.341 e. The van der Waals surface area contributed by atoms with Crippen molar-refractivity contribution in [1.82, 2.24) is 23.9 Å². The third-order valence-corrected chi connectivity index (χ3v) is 7.46. The SMILES string of the molecule is CCOCCCC(=O)C1CN(c2cc(C)c3c(=O)c(C(=O)O)cn(-c4nc(-c5ccc(C)nc5)ns4)c3n2)C1. The van der Waals surface area contributed by atoms with Crippen LogP contribution in [0.25, 0.3) is 27.6 Å². The fourth-order valence-corrected chi connectivity index (χ4v) is 5.20. The van der Waals surface area contributed by atoms with E-state index in [-0.39, 0.29) is 28.3 Å². The molecule has 4 aromatic rings. The van der Waals surface area contributed by atoms with Crippen LogP contribution in [0.4, 0.5) is 5.82 Å². The van der Waals surface area contributed by atoms with Gasteiger partial charge in [-0.15, -0.1) is 0 Å². The summed E-state index contributed by atoms with van der Waals surface area (Å²) >= 11 is 1.07. The Morgan fingerprint density at radius 3 is 2.69 bits per heavy atom. The van der Waals surface area contributed by atoms with Gasteiger partial charge < -0.3 is 14.7 Å². The second kappa shape index (κ2) is 11.0. The quantitative estimate of drug-likeness (QED) is 0.293. The molecule has 0 amide bonds. The zero-order valence-corrected chi connectivity index (χ0v) is 22.7. The molecule has 0 saturated carbocycles. The summed E-state index contributed by atoms with van der Waals surface area (Å²) in [5, 5.41) is 10.3. The molecule has 12 heteroatoms. The highest BCUT2D eigenvalue weighted by molar-refractivity contribution is 7.08. The van der Waals surface area contributed by atoms with Crippen LogP contribution in [-0.4, -0.2) is 67.1 Å². The van der Waals surface area contributed by atoms with E-state index in [1.54, 1.807) is 19.2 Å². The number of hydrogen-bond donors (Lipinski definition) is 1. The molecule has 5 rings (SSSR count). The Hall–Kier alpha value is -4.03. The van der Waals surface area contributed by atoms with Gasteiger partial charge in [0.05, 0.1) is 11.3 Å². The van der Waals surface area contributed by atoms with E-state index in [2.05, 4.69) is 14.3 Å². The van der Waals surface area contributed by atoms with Gasteiger partial charge in [0.1, 0.15) is 17.2 Å². The Bertz CT molecular complexity index is 1610. The number of aromatic nitrogens is 5. The number of aromatic carboxylic acids is 1. The van der Waals surface area contributed by atoms with Gasteiger partial charge in [-0.3, -0.25) is 19.1 Å². The van der Waals surface area contributed by atoms with Crippen molar-refractivity contribution in [1.29, 1.82) is 0 Å². The van der Waals surface area contributed by atoms with Gasteiger partial charge in [0.15, 0.2) is 11.5 Å². The van der Waals surface area contributed by atoms with E-state index in [9.17, 15) is 19.5 Å². The lowest BCUT2D eigenvalue weighted by Gasteiger charge is -2.39. The van der Waals surface area contributed by atoms with E-state index in [4.69, 9.17) is 9.72 Å². The van der Waals surface area contributed by atoms with Gasteiger partial charge >= 0.3 is 5.97 Å². The highest BCUT2D eigenvalue weighted by Crippen LogP contribution is 2.30. The molecule has 0 aliphatic carbocycles. The molecule has 202 valence electrons. The Balaban J connectivity index is 1.49. The number of nitrogens with zero attached hydrogens (tertiary/aromatic N) is 6. The summed E-state index contributed by atoms with van der Waals surface area (Å²) in [7, 11) is 0. The van der Waals surface area contributed by atoms with Gasteiger partial charge in [-0.2, -0.15) is 9.36 Å². The van der Waals surface area contributed by atoms with Gasteiger partial charge in [0, 0.05) is 67.9 Å². The number of hydrogen-bond acceptors (Lipinski definition) is 10. The minimum atomic E-state index is -1.33. The Morgan fingerprint density at radius 1 is 1.21 bits per heavy atom. The van der Waals surface area contributed by atoms with Crippen molar-refractivity contribution < 1.29 is 19.4 Å². The van der Waals surface area contributed by atoms with E-state index >= 15 is 0 Å². The van der Waals surface area contributed by atoms with Crippen LogP contribution in [0.15, 0.2) is 35.4 Å². The van der Waals surface area contributed by atoms with Crippen LogP contribution in [0, 0.1) is 19.8 Å². The molecule has 0 atom stereocenters. The number of carboxylic acids is 1. The molecule has 1 aliphatic rings. The molecule has 1 aliphatic heterocycles. The van der Waals surface area contributed by atoms with Crippen molar-refractivity contribution in [2.75, 3.05) is 31.2 Å². The van der Waals surface area contributed by atoms with Crippen molar-refractivity contribution in [3.05, 3.63) is 57.6 Å². The highest BCUT2D eigenvalue weighted by atomic mass is 32.1. The third kappa shape index (κ3) is 5.30. The molecule has 1 fully saturated rings. The molecule has 0 spiro atoms. The predicted molar refractivity (Wildman–Crippen MR) is 147 cm³/mol. The number of carboxylic acid groups (broad SMARTS) is 1. The summed E-state index contributed by atoms with van der Waals surface area (Å²) in [6, 6.07) is 5.48. The number of carbonyl (C=O) groups is 2. The molecule has 0 bridgehead atoms. The lowest BCUT2D eigenvalue weighted by molar-refractivity contribution is -0.123. The first-order valence-corrected chi connectivity index (χ1v) is 13.5. The summed E-state index contributed by atoms with van der Waals surface area (Å²) in [5.41, 5.74) is 1.47. The van der Waals surface area contributed by atoms with Crippen LogP contribution < -0.4 is 10.3 Å². The topological polar surface area (TPSA) is 140 Å². The zero-order chi connectivity index (χ0) is 27.7. The number of ketones is 1. The zero-order valence-electron chi connectivity index (χ0n) is 21.9. The molecule has 4 aromatic heterocycles. The summed E-state index contributed by atoms with van der Waals surface area (Å²) < 4.78 is 11.3. The van der Waals surface area contributed by atoms with Gasteiger partial charge in [-0.1, -0.05) is 0 Å². The second-order valence-electron chi connectivity index (χ2n) is 9.50. The molecule has 39 heavy (non-hydrogen) atoms. The predicted octanol–water partition coefficient (Wildman–Crippen LogP) is 3.44. The first kappa shape index (κ1) is 26.6. The van der Waals surface area contributed by atoms with E-state index in [1.807, 2.05) is 30.9 Å². The molecule has 0 radical (unpaired) electrons.